The lowest BCUT2D eigenvalue weighted by molar-refractivity contribution is 0.689. The fourth-order valence-corrected chi connectivity index (χ4v) is 4.28. The van der Waals surface area contributed by atoms with Crippen LogP contribution in [0.25, 0.3) is 33.1 Å². The second kappa shape index (κ2) is 5.70. The predicted molar refractivity (Wildman–Crippen MR) is 108 cm³/mol. The maximum Gasteiger partial charge on any atom is 0.0710 e. The van der Waals surface area contributed by atoms with Gasteiger partial charge in [0.2, 0.25) is 0 Å². The number of pyridine rings is 1. The SMILES string of the molecule is N=Cc1cc(-c2[nH]c3ccc4nccc4c3c3c2CCCC3)ccc1N. The number of anilines is 1. The van der Waals surface area contributed by atoms with Gasteiger partial charge in [0, 0.05) is 45.6 Å². The summed E-state index contributed by atoms with van der Waals surface area (Å²) in [4.78, 5) is 8.16. The van der Waals surface area contributed by atoms with E-state index in [1.54, 1.807) is 0 Å². The predicted octanol–water partition coefficient (Wildman–Crippen LogP) is 4.84. The van der Waals surface area contributed by atoms with E-state index in [2.05, 4.69) is 34.2 Å². The van der Waals surface area contributed by atoms with Crippen LogP contribution >= 0.6 is 0 Å². The summed E-state index contributed by atoms with van der Waals surface area (Å²) in [6, 6.07) is 12.3. The van der Waals surface area contributed by atoms with Crippen LogP contribution < -0.4 is 5.73 Å². The molecule has 0 radical (unpaired) electrons. The van der Waals surface area contributed by atoms with Gasteiger partial charge in [-0.2, -0.15) is 0 Å². The van der Waals surface area contributed by atoms with Crippen LogP contribution in [-0.4, -0.2) is 16.2 Å². The van der Waals surface area contributed by atoms with Gasteiger partial charge in [0.25, 0.3) is 0 Å². The lowest BCUT2D eigenvalue weighted by Gasteiger charge is -2.23. The second-order valence-electron chi connectivity index (χ2n) is 7.02. The molecular formula is C22H20N4. The van der Waals surface area contributed by atoms with Gasteiger partial charge in [-0.25, -0.2) is 0 Å². The van der Waals surface area contributed by atoms with Gasteiger partial charge in [-0.05, 0) is 72.7 Å². The van der Waals surface area contributed by atoms with Gasteiger partial charge in [-0.1, -0.05) is 6.07 Å². The molecule has 0 saturated carbocycles. The molecule has 0 bridgehead atoms. The average Bonchev–Trinajstić information content (AvgIpc) is 3.16. The number of fused-ring (bicyclic) bond motifs is 5. The third-order valence-electron chi connectivity index (χ3n) is 5.54. The maximum atomic E-state index is 7.61. The zero-order valence-corrected chi connectivity index (χ0v) is 14.5. The van der Waals surface area contributed by atoms with Crippen LogP contribution in [0.5, 0.6) is 0 Å². The molecule has 2 aromatic carbocycles. The Balaban J connectivity index is 1.86. The molecule has 2 heterocycles. The third kappa shape index (κ3) is 2.15. The number of aryl methyl sites for hydroxylation is 1. The molecule has 2 aromatic heterocycles. The highest BCUT2D eigenvalue weighted by Gasteiger charge is 2.20. The van der Waals surface area contributed by atoms with E-state index >= 15 is 0 Å². The second-order valence-corrected chi connectivity index (χ2v) is 7.02. The average molecular weight is 340 g/mol. The van der Waals surface area contributed by atoms with Crippen molar-refractivity contribution in [2.75, 3.05) is 5.73 Å². The summed E-state index contributed by atoms with van der Waals surface area (Å²) in [7, 11) is 0. The zero-order valence-electron chi connectivity index (χ0n) is 14.5. The molecule has 1 aliphatic carbocycles. The zero-order chi connectivity index (χ0) is 17.7. The van der Waals surface area contributed by atoms with Crippen molar-refractivity contribution < 1.29 is 0 Å². The van der Waals surface area contributed by atoms with Crippen molar-refractivity contribution in [1.82, 2.24) is 9.97 Å². The minimum absolute atomic E-state index is 0.642. The molecule has 4 heteroatoms. The van der Waals surface area contributed by atoms with Gasteiger partial charge < -0.3 is 16.1 Å². The molecule has 0 fully saturated rings. The van der Waals surface area contributed by atoms with Gasteiger partial charge in [-0.3, -0.25) is 4.98 Å². The Bertz CT molecular complexity index is 1170. The normalized spacial score (nSPS) is 13.8. The van der Waals surface area contributed by atoms with Crippen LogP contribution in [0.15, 0.2) is 42.6 Å². The molecule has 26 heavy (non-hydrogen) atoms. The smallest absolute Gasteiger partial charge is 0.0710 e. The molecule has 4 N–H and O–H groups in total. The summed E-state index contributed by atoms with van der Waals surface area (Å²) in [5.74, 6) is 0. The number of nitrogens with one attached hydrogen (secondary N) is 2. The van der Waals surface area contributed by atoms with E-state index in [9.17, 15) is 0 Å². The lowest BCUT2D eigenvalue weighted by Crippen LogP contribution is -2.08. The molecule has 0 amide bonds. The molecule has 128 valence electrons. The summed E-state index contributed by atoms with van der Waals surface area (Å²) in [5.41, 5.74) is 14.7. The minimum Gasteiger partial charge on any atom is -0.398 e. The molecule has 0 spiro atoms. The molecule has 0 aliphatic heterocycles. The fourth-order valence-electron chi connectivity index (χ4n) is 4.28. The van der Waals surface area contributed by atoms with Crippen molar-refractivity contribution in [2.24, 2.45) is 0 Å². The topological polar surface area (TPSA) is 78.5 Å². The van der Waals surface area contributed by atoms with Crippen LogP contribution in [0.1, 0.15) is 29.5 Å². The van der Waals surface area contributed by atoms with Crippen LogP contribution in [0.3, 0.4) is 0 Å². The third-order valence-corrected chi connectivity index (χ3v) is 5.54. The van der Waals surface area contributed by atoms with Crippen molar-refractivity contribution in [3.63, 3.8) is 0 Å². The van der Waals surface area contributed by atoms with E-state index in [1.165, 1.54) is 41.0 Å². The van der Waals surface area contributed by atoms with E-state index in [-0.39, 0.29) is 0 Å². The number of nitrogens with zero attached hydrogens (tertiary/aromatic N) is 1. The Labute approximate surface area is 151 Å². The number of H-pyrrole nitrogens is 1. The lowest BCUT2D eigenvalue weighted by atomic mass is 9.85. The summed E-state index contributed by atoms with van der Waals surface area (Å²) in [5, 5.41) is 10.2. The van der Waals surface area contributed by atoms with E-state index in [0.717, 1.165) is 40.7 Å². The molecule has 4 aromatic rings. The number of nitrogen functional groups attached to an aromatic ring is 1. The van der Waals surface area contributed by atoms with E-state index in [4.69, 9.17) is 11.1 Å². The highest BCUT2D eigenvalue weighted by atomic mass is 14.7. The largest absolute Gasteiger partial charge is 0.398 e. The number of benzene rings is 2. The first-order chi connectivity index (χ1) is 12.8. The van der Waals surface area contributed by atoms with Gasteiger partial charge >= 0.3 is 0 Å². The van der Waals surface area contributed by atoms with Crippen molar-refractivity contribution in [2.45, 2.75) is 25.7 Å². The number of hydrogen-bond acceptors (Lipinski definition) is 3. The summed E-state index contributed by atoms with van der Waals surface area (Å²) >= 11 is 0. The minimum atomic E-state index is 0.642. The van der Waals surface area contributed by atoms with Gasteiger partial charge in [-0.15, -0.1) is 0 Å². The molecular weight excluding hydrogens is 320 g/mol. The first-order valence-electron chi connectivity index (χ1n) is 9.08. The van der Waals surface area contributed by atoms with Gasteiger partial charge in [0.1, 0.15) is 0 Å². The monoisotopic (exact) mass is 340 g/mol. The summed E-state index contributed by atoms with van der Waals surface area (Å²) < 4.78 is 0. The molecule has 0 saturated heterocycles. The Morgan fingerprint density at radius 2 is 1.88 bits per heavy atom. The number of nitrogens with two attached hydrogens (primary N) is 1. The van der Waals surface area contributed by atoms with Gasteiger partial charge in [0.05, 0.1) is 5.52 Å². The summed E-state index contributed by atoms with van der Waals surface area (Å²) in [6.07, 6.45) is 7.83. The van der Waals surface area contributed by atoms with Crippen LogP contribution in [0.4, 0.5) is 5.69 Å². The number of aromatic nitrogens is 2. The first kappa shape index (κ1) is 15.1. The molecule has 5 rings (SSSR count). The Hall–Kier alpha value is -3.14. The molecule has 0 unspecified atom stereocenters. The summed E-state index contributed by atoms with van der Waals surface area (Å²) in [6.45, 7) is 0. The van der Waals surface area contributed by atoms with E-state index in [1.807, 2.05) is 18.3 Å². The van der Waals surface area contributed by atoms with Crippen LogP contribution in [-0.2, 0) is 12.8 Å². The highest BCUT2D eigenvalue weighted by molar-refractivity contribution is 6.08. The van der Waals surface area contributed by atoms with Crippen molar-refractivity contribution >= 4 is 33.7 Å². The van der Waals surface area contributed by atoms with Crippen molar-refractivity contribution in [1.29, 1.82) is 5.41 Å². The van der Waals surface area contributed by atoms with Crippen molar-refractivity contribution in [3.05, 3.63) is 59.3 Å². The van der Waals surface area contributed by atoms with Crippen LogP contribution in [0.2, 0.25) is 0 Å². The highest BCUT2D eigenvalue weighted by Crippen LogP contribution is 2.38. The van der Waals surface area contributed by atoms with E-state index < -0.39 is 0 Å². The van der Waals surface area contributed by atoms with Crippen molar-refractivity contribution in [3.8, 4) is 11.3 Å². The van der Waals surface area contributed by atoms with Gasteiger partial charge in [0.15, 0.2) is 0 Å². The Morgan fingerprint density at radius 3 is 2.73 bits per heavy atom. The standard InChI is InChI=1S/C22H20N4/c23-12-14-11-13(5-6-18(14)24)22-16-4-2-1-3-15(16)21-17-9-10-25-19(17)7-8-20(21)26-22/h5-12,23,26H,1-4,24H2. The number of aromatic amines is 1. The first-order valence-corrected chi connectivity index (χ1v) is 9.08. The van der Waals surface area contributed by atoms with Crippen LogP contribution in [0, 0.1) is 5.41 Å². The Kier molecular flexibility index (Phi) is 3.32. The van der Waals surface area contributed by atoms with E-state index in [0.29, 0.717) is 5.69 Å². The quantitative estimate of drug-likeness (QED) is 0.360. The molecule has 0 atom stereocenters. The Morgan fingerprint density at radius 1 is 1.04 bits per heavy atom. The number of hydrogen-bond donors (Lipinski definition) is 3. The molecule has 1 aliphatic rings. The fraction of sp³-hybridized carbons (Fsp3) is 0.182. The maximum absolute atomic E-state index is 7.61. The number of rotatable bonds is 2. The molecule has 4 nitrogen and oxygen atoms in total.